The first-order valence-corrected chi connectivity index (χ1v) is 2.99. The lowest BCUT2D eigenvalue weighted by molar-refractivity contribution is 0.0298. The highest BCUT2D eigenvalue weighted by Gasteiger charge is 2.09. The summed E-state index contributed by atoms with van der Waals surface area (Å²) in [6.07, 6.45) is 0. The molecule has 6 nitrogen and oxygen atoms in total. The first kappa shape index (κ1) is 10.2. The molecule has 0 spiro atoms. The number of aliphatic hydroxyl groups is 2. The Hall–Kier alpha value is -0.850. The number of nitrogens with zero attached hydrogens (tertiary/aromatic N) is 1. The summed E-state index contributed by atoms with van der Waals surface area (Å²) in [4.78, 5) is 11.8. The molecule has 66 valence electrons. The molecule has 0 saturated heterocycles. The van der Waals surface area contributed by atoms with Gasteiger partial charge in [-0.3, -0.25) is 4.90 Å². The van der Waals surface area contributed by atoms with Crippen LogP contribution in [0, 0.1) is 0 Å². The molecule has 0 aromatic heterocycles. The number of carbonyl (C=O) groups is 1. The lowest BCUT2D eigenvalue weighted by Gasteiger charge is -2.17. The standard InChI is InChI=1S/C5H12N2O4/c1-11-4-7(3-9)5(10)6-2-8/h8-9H,2-4H2,1H3,(H,6,10). The highest BCUT2D eigenvalue weighted by atomic mass is 16.5. The Kier molecular flexibility index (Phi) is 5.44. The number of methoxy groups -OCH3 is 1. The van der Waals surface area contributed by atoms with Crippen molar-refractivity contribution in [2.45, 2.75) is 0 Å². The lowest BCUT2D eigenvalue weighted by Crippen LogP contribution is -2.41. The van der Waals surface area contributed by atoms with E-state index in [1.54, 1.807) is 0 Å². The molecule has 0 rings (SSSR count). The Morgan fingerprint density at radius 3 is 2.64 bits per heavy atom. The summed E-state index contributed by atoms with van der Waals surface area (Å²) in [5.74, 6) is 0. The van der Waals surface area contributed by atoms with Gasteiger partial charge in [0.1, 0.15) is 20.2 Å². The predicted molar refractivity (Wildman–Crippen MR) is 36.4 cm³/mol. The average Bonchev–Trinajstić information content (AvgIpc) is 2.00. The quantitative estimate of drug-likeness (QED) is 0.442. The SMILES string of the molecule is COCN(CO)C(=O)NCO. The van der Waals surface area contributed by atoms with Gasteiger partial charge in [0.15, 0.2) is 0 Å². The molecule has 11 heavy (non-hydrogen) atoms. The van der Waals surface area contributed by atoms with Gasteiger partial charge in [0.05, 0.1) is 0 Å². The molecule has 0 saturated carbocycles. The normalized spacial score (nSPS) is 9.36. The summed E-state index contributed by atoms with van der Waals surface area (Å²) in [6, 6.07) is -0.572. The van der Waals surface area contributed by atoms with E-state index in [0.717, 1.165) is 4.90 Å². The summed E-state index contributed by atoms with van der Waals surface area (Å²) < 4.78 is 4.59. The van der Waals surface area contributed by atoms with Crippen molar-refractivity contribution in [1.82, 2.24) is 10.2 Å². The molecule has 0 aliphatic carbocycles. The third-order valence-electron chi connectivity index (χ3n) is 0.973. The van der Waals surface area contributed by atoms with Gasteiger partial charge in [-0.2, -0.15) is 0 Å². The maximum Gasteiger partial charge on any atom is 0.322 e. The van der Waals surface area contributed by atoms with Crippen LogP contribution in [-0.4, -0.2) is 48.4 Å². The van der Waals surface area contributed by atoms with Crippen molar-refractivity contribution >= 4 is 6.03 Å². The third kappa shape index (κ3) is 3.76. The zero-order valence-corrected chi connectivity index (χ0v) is 6.28. The number of aliphatic hydroxyl groups excluding tert-OH is 2. The molecule has 0 bridgehead atoms. The van der Waals surface area contributed by atoms with Crippen molar-refractivity contribution in [3.05, 3.63) is 0 Å². The summed E-state index contributed by atoms with van der Waals surface area (Å²) in [7, 11) is 1.40. The van der Waals surface area contributed by atoms with Gasteiger partial charge in [0, 0.05) is 7.11 Å². The molecule has 2 amide bonds. The molecule has 3 N–H and O–H groups in total. The minimum absolute atomic E-state index is 0.0116. The van der Waals surface area contributed by atoms with E-state index < -0.39 is 19.5 Å². The van der Waals surface area contributed by atoms with Crippen LogP contribution in [0.5, 0.6) is 0 Å². The summed E-state index contributed by atoms with van der Waals surface area (Å²) in [6.45, 7) is -0.916. The van der Waals surface area contributed by atoms with Crippen LogP contribution in [0.2, 0.25) is 0 Å². The Morgan fingerprint density at radius 2 is 2.27 bits per heavy atom. The van der Waals surface area contributed by atoms with Gasteiger partial charge in [-0.15, -0.1) is 0 Å². The second kappa shape index (κ2) is 5.90. The summed E-state index contributed by atoms with van der Waals surface area (Å²) in [5, 5.41) is 18.9. The fraction of sp³-hybridized carbons (Fsp3) is 0.800. The zero-order valence-electron chi connectivity index (χ0n) is 6.28. The lowest BCUT2D eigenvalue weighted by atomic mass is 10.8. The Labute approximate surface area is 64.4 Å². The van der Waals surface area contributed by atoms with Gasteiger partial charge in [-0.05, 0) is 0 Å². The fourth-order valence-corrected chi connectivity index (χ4v) is 0.499. The minimum atomic E-state index is -0.572. The van der Waals surface area contributed by atoms with Gasteiger partial charge in [-0.1, -0.05) is 0 Å². The molecule has 0 unspecified atom stereocenters. The van der Waals surface area contributed by atoms with Crippen molar-refractivity contribution in [1.29, 1.82) is 0 Å². The second-order valence-electron chi connectivity index (χ2n) is 1.74. The maximum atomic E-state index is 10.8. The van der Waals surface area contributed by atoms with Crippen molar-refractivity contribution < 1.29 is 19.7 Å². The number of ether oxygens (including phenoxy) is 1. The number of hydrogen-bond donors (Lipinski definition) is 3. The van der Waals surface area contributed by atoms with E-state index in [9.17, 15) is 4.79 Å². The molecule has 0 aliphatic heterocycles. The largest absolute Gasteiger partial charge is 0.376 e. The Bertz CT molecular complexity index is 119. The minimum Gasteiger partial charge on any atom is -0.376 e. The highest BCUT2D eigenvalue weighted by Crippen LogP contribution is 1.86. The van der Waals surface area contributed by atoms with Gasteiger partial charge < -0.3 is 20.3 Å². The van der Waals surface area contributed by atoms with Crippen molar-refractivity contribution in [2.75, 3.05) is 27.3 Å². The van der Waals surface area contributed by atoms with E-state index in [1.807, 2.05) is 0 Å². The van der Waals surface area contributed by atoms with Crippen LogP contribution in [-0.2, 0) is 4.74 Å². The zero-order chi connectivity index (χ0) is 8.69. The predicted octanol–water partition coefficient (Wildman–Crippen LogP) is -1.50. The number of hydrogen-bond acceptors (Lipinski definition) is 4. The molecule has 0 heterocycles. The van der Waals surface area contributed by atoms with Gasteiger partial charge >= 0.3 is 6.03 Å². The van der Waals surface area contributed by atoms with Crippen LogP contribution in [0.3, 0.4) is 0 Å². The molecule has 0 aliphatic rings. The number of amides is 2. The highest BCUT2D eigenvalue weighted by molar-refractivity contribution is 5.73. The van der Waals surface area contributed by atoms with E-state index in [0.29, 0.717) is 0 Å². The van der Waals surface area contributed by atoms with Crippen LogP contribution >= 0.6 is 0 Å². The number of nitrogens with one attached hydrogen (secondary N) is 1. The van der Waals surface area contributed by atoms with E-state index in [1.165, 1.54) is 7.11 Å². The Balaban J connectivity index is 3.71. The van der Waals surface area contributed by atoms with E-state index >= 15 is 0 Å². The molecule has 0 aromatic rings. The molecule has 6 heteroatoms. The molecular weight excluding hydrogens is 152 g/mol. The number of urea groups is 1. The van der Waals surface area contributed by atoms with E-state index in [4.69, 9.17) is 10.2 Å². The van der Waals surface area contributed by atoms with Crippen LogP contribution in [0.4, 0.5) is 4.79 Å². The van der Waals surface area contributed by atoms with Crippen molar-refractivity contribution in [3.8, 4) is 0 Å². The smallest absolute Gasteiger partial charge is 0.322 e. The van der Waals surface area contributed by atoms with Gasteiger partial charge in [-0.25, -0.2) is 4.79 Å². The molecule has 0 atom stereocenters. The first-order valence-electron chi connectivity index (χ1n) is 2.99. The van der Waals surface area contributed by atoms with Crippen LogP contribution < -0.4 is 5.32 Å². The van der Waals surface area contributed by atoms with Crippen molar-refractivity contribution in [2.24, 2.45) is 0 Å². The van der Waals surface area contributed by atoms with E-state index in [2.05, 4.69) is 10.1 Å². The second-order valence-corrected chi connectivity index (χ2v) is 1.74. The first-order chi connectivity index (χ1) is 5.26. The monoisotopic (exact) mass is 164 g/mol. The summed E-state index contributed by atoms with van der Waals surface area (Å²) in [5.41, 5.74) is 0. The summed E-state index contributed by atoms with van der Waals surface area (Å²) >= 11 is 0. The molecule has 0 radical (unpaired) electrons. The molecular formula is C5H12N2O4. The van der Waals surface area contributed by atoms with Crippen molar-refractivity contribution in [3.63, 3.8) is 0 Å². The topological polar surface area (TPSA) is 82.0 Å². The number of carbonyl (C=O) groups excluding carboxylic acids is 1. The van der Waals surface area contributed by atoms with Crippen LogP contribution in [0.25, 0.3) is 0 Å². The van der Waals surface area contributed by atoms with Gasteiger partial charge in [0.25, 0.3) is 0 Å². The third-order valence-corrected chi connectivity index (χ3v) is 0.973. The van der Waals surface area contributed by atoms with Crippen LogP contribution in [0.15, 0.2) is 0 Å². The average molecular weight is 164 g/mol. The van der Waals surface area contributed by atoms with Gasteiger partial charge in [0.2, 0.25) is 0 Å². The molecule has 0 fully saturated rings. The fourth-order valence-electron chi connectivity index (χ4n) is 0.499. The van der Waals surface area contributed by atoms with Crippen LogP contribution in [0.1, 0.15) is 0 Å². The Morgan fingerprint density at radius 1 is 1.64 bits per heavy atom. The number of rotatable bonds is 4. The van der Waals surface area contributed by atoms with E-state index in [-0.39, 0.29) is 6.73 Å². The maximum absolute atomic E-state index is 10.8. The molecule has 0 aromatic carbocycles.